The number of amides is 1. The number of benzene rings is 1. The largest absolute Gasteiger partial charge is 0.341 e. The highest BCUT2D eigenvalue weighted by atomic mass is 16.2. The van der Waals surface area contributed by atoms with Crippen LogP contribution >= 0.6 is 0 Å². The van der Waals surface area contributed by atoms with Crippen LogP contribution in [0.15, 0.2) is 24.3 Å². The lowest BCUT2D eigenvalue weighted by molar-refractivity contribution is -0.137. The Hall–Kier alpha value is -1.82. The average molecular weight is 242 g/mol. The van der Waals surface area contributed by atoms with Gasteiger partial charge in [0.1, 0.15) is 5.41 Å². The van der Waals surface area contributed by atoms with Crippen molar-refractivity contribution in [1.82, 2.24) is 4.90 Å². The molecule has 3 heteroatoms. The molecule has 1 aromatic rings. The van der Waals surface area contributed by atoms with Gasteiger partial charge in [0.25, 0.3) is 0 Å². The highest BCUT2D eigenvalue weighted by Gasteiger charge is 2.32. The third-order valence-electron chi connectivity index (χ3n) is 3.52. The quantitative estimate of drug-likeness (QED) is 0.757. The molecule has 0 fully saturated rings. The van der Waals surface area contributed by atoms with Crippen molar-refractivity contribution in [3.8, 4) is 6.07 Å². The molecule has 1 aliphatic rings. The van der Waals surface area contributed by atoms with Crippen LogP contribution in [0.25, 0.3) is 0 Å². The Morgan fingerprint density at radius 2 is 1.72 bits per heavy atom. The van der Waals surface area contributed by atoms with Crippen molar-refractivity contribution in [3.05, 3.63) is 35.4 Å². The van der Waals surface area contributed by atoms with E-state index in [0.717, 1.165) is 12.8 Å². The molecule has 1 aromatic carbocycles. The third-order valence-corrected chi connectivity index (χ3v) is 3.52. The second kappa shape index (κ2) is 4.81. The van der Waals surface area contributed by atoms with E-state index in [0.29, 0.717) is 13.1 Å². The number of carbonyl (C=O) groups excluding carboxylic acids is 1. The standard InChI is InChI=1S/C15H18N2O/c1-15(2,11-16)14(18)17-9-7-12-5-3-4-6-13(12)8-10-17/h3-6H,7-10H2,1-2H3. The smallest absolute Gasteiger partial charge is 0.242 e. The molecular weight excluding hydrogens is 224 g/mol. The van der Waals surface area contributed by atoms with Crippen LogP contribution in [0.1, 0.15) is 25.0 Å². The Morgan fingerprint density at radius 3 is 2.17 bits per heavy atom. The molecule has 1 amide bonds. The first kappa shape index (κ1) is 12.6. The molecule has 0 N–H and O–H groups in total. The van der Waals surface area contributed by atoms with Crippen molar-refractivity contribution in [2.75, 3.05) is 13.1 Å². The second-order valence-electron chi connectivity index (χ2n) is 5.30. The van der Waals surface area contributed by atoms with E-state index < -0.39 is 5.41 Å². The zero-order valence-corrected chi connectivity index (χ0v) is 10.9. The average Bonchev–Trinajstić information content (AvgIpc) is 2.60. The summed E-state index contributed by atoms with van der Waals surface area (Å²) in [7, 11) is 0. The van der Waals surface area contributed by atoms with Gasteiger partial charge in [-0.3, -0.25) is 4.79 Å². The predicted molar refractivity (Wildman–Crippen MR) is 69.8 cm³/mol. The molecule has 18 heavy (non-hydrogen) atoms. The van der Waals surface area contributed by atoms with Gasteiger partial charge in [0.2, 0.25) is 5.91 Å². The van der Waals surface area contributed by atoms with Crippen LogP contribution in [0.3, 0.4) is 0 Å². The first-order valence-electron chi connectivity index (χ1n) is 6.32. The van der Waals surface area contributed by atoms with Crippen LogP contribution in [0, 0.1) is 16.7 Å². The predicted octanol–water partition coefficient (Wildman–Crippen LogP) is 2.16. The van der Waals surface area contributed by atoms with E-state index in [4.69, 9.17) is 5.26 Å². The number of hydrogen-bond donors (Lipinski definition) is 0. The summed E-state index contributed by atoms with van der Waals surface area (Å²) < 4.78 is 0. The molecule has 3 nitrogen and oxygen atoms in total. The number of fused-ring (bicyclic) bond motifs is 1. The molecule has 0 spiro atoms. The van der Waals surface area contributed by atoms with E-state index in [2.05, 4.69) is 18.2 Å². The molecule has 0 unspecified atom stereocenters. The van der Waals surface area contributed by atoms with E-state index >= 15 is 0 Å². The van der Waals surface area contributed by atoms with Crippen molar-refractivity contribution in [2.45, 2.75) is 26.7 Å². The molecule has 0 bridgehead atoms. The zero-order valence-electron chi connectivity index (χ0n) is 10.9. The Labute approximate surface area is 108 Å². The molecule has 0 saturated carbocycles. The van der Waals surface area contributed by atoms with Gasteiger partial charge in [-0.1, -0.05) is 24.3 Å². The summed E-state index contributed by atoms with van der Waals surface area (Å²) in [6, 6.07) is 10.4. The summed E-state index contributed by atoms with van der Waals surface area (Å²) in [6.07, 6.45) is 1.76. The van der Waals surface area contributed by atoms with Gasteiger partial charge in [-0.15, -0.1) is 0 Å². The van der Waals surface area contributed by atoms with Gasteiger partial charge in [-0.25, -0.2) is 0 Å². The van der Waals surface area contributed by atoms with Crippen LogP contribution in [0.2, 0.25) is 0 Å². The fourth-order valence-corrected chi connectivity index (χ4v) is 2.31. The molecule has 1 heterocycles. The summed E-state index contributed by atoms with van der Waals surface area (Å²) in [6.45, 7) is 4.79. The van der Waals surface area contributed by atoms with Crippen molar-refractivity contribution in [3.63, 3.8) is 0 Å². The lowest BCUT2D eigenvalue weighted by Crippen LogP contribution is -2.41. The number of hydrogen-bond acceptors (Lipinski definition) is 2. The normalized spacial score (nSPS) is 15.5. The number of nitriles is 1. The molecule has 94 valence electrons. The van der Waals surface area contributed by atoms with Gasteiger partial charge < -0.3 is 4.90 Å². The maximum atomic E-state index is 12.3. The summed E-state index contributed by atoms with van der Waals surface area (Å²) >= 11 is 0. The van der Waals surface area contributed by atoms with Gasteiger partial charge in [0, 0.05) is 13.1 Å². The third kappa shape index (κ3) is 2.38. The van der Waals surface area contributed by atoms with E-state index in [9.17, 15) is 4.79 Å². The lowest BCUT2D eigenvalue weighted by atomic mass is 9.93. The Balaban J connectivity index is 2.14. The van der Waals surface area contributed by atoms with Gasteiger partial charge in [-0.2, -0.15) is 5.26 Å². The lowest BCUT2D eigenvalue weighted by Gasteiger charge is -2.26. The van der Waals surface area contributed by atoms with Gasteiger partial charge in [-0.05, 0) is 37.8 Å². The maximum Gasteiger partial charge on any atom is 0.242 e. The minimum absolute atomic E-state index is 0.0576. The number of carbonyl (C=O) groups is 1. The molecule has 2 rings (SSSR count). The van der Waals surface area contributed by atoms with E-state index in [1.165, 1.54) is 11.1 Å². The van der Waals surface area contributed by atoms with Gasteiger partial charge in [0.05, 0.1) is 6.07 Å². The van der Waals surface area contributed by atoms with E-state index in [-0.39, 0.29) is 5.91 Å². The first-order valence-corrected chi connectivity index (χ1v) is 6.32. The molecule has 0 aromatic heterocycles. The van der Waals surface area contributed by atoms with Gasteiger partial charge in [0.15, 0.2) is 0 Å². The number of rotatable bonds is 1. The summed E-state index contributed by atoms with van der Waals surface area (Å²) in [5.41, 5.74) is 1.72. The van der Waals surface area contributed by atoms with Gasteiger partial charge >= 0.3 is 0 Å². The van der Waals surface area contributed by atoms with Crippen molar-refractivity contribution < 1.29 is 4.79 Å². The SMILES string of the molecule is CC(C)(C#N)C(=O)N1CCc2ccccc2CC1. The zero-order chi connectivity index (χ0) is 13.2. The molecule has 0 atom stereocenters. The summed E-state index contributed by atoms with van der Waals surface area (Å²) in [5.74, 6) is -0.0576. The van der Waals surface area contributed by atoms with Crippen LogP contribution in [-0.4, -0.2) is 23.9 Å². The van der Waals surface area contributed by atoms with Crippen LogP contribution in [-0.2, 0) is 17.6 Å². The van der Waals surface area contributed by atoms with E-state index in [1.807, 2.05) is 17.0 Å². The highest BCUT2D eigenvalue weighted by Crippen LogP contribution is 2.21. The topological polar surface area (TPSA) is 44.1 Å². The first-order chi connectivity index (χ1) is 8.54. The molecule has 0 radical (unpaired) electrons. The molecule has 0 aliphatic carbocycles. The van der Waals surface area contributed by atoms with Crippen molar-refractivity contribution in [1.29, 1.82) is 5.26 Å². The molecule has 1 aliphatic heterocycles. The summed E-state index contributed by atoms with van der Waals surface area (Å²) in [4.78, 5) is 14.1. The monoisotopic (exact) mass is 242 g/mol. The molecular formula is C15H18N2O. The minimum Gasteiger partial charge on any atom is -0.341 e. The van der Waals surface area contributed by atoms with E-state index in [1.54, 1.807) is 13.8 Å². The summed E-state index contributed by atoms with van der Waals surface area (Å²) in [5, 5.41) is 9.04. The van der Waals surface area contributed by atoms with Crippen LogP contribution < -0.4 is 0 Å². The Kier molecular flexibility index (Phi) is 3.38. The number of nitrogens with zero attached hydrogens (tertiary/aromatic N) is 2. The minimum atomic E-state index is -0.920. The van der Waals surface area contributed by atoms with Crippen LogP contribution in [0.4, 0.5) is 0 Å². The Morgan fingerprint density at radius 1 is 1.22 bits per heavy atom. The maximum absolute atomic E-state index is 12.3. The Bertz CT molecular complexity index is 472. The fraction of sp³-hybridized carbons (Fsp3) is 0.467. The van der Waals surface area contributed by atoms with Crippen molar-refractivity contribution in [2.24, 2.45) is 5.41 Å². The van der Waals surface area contributed by atoms with Crippen molar-refractivity contribution >= 4 is 5.91 Å². The fourth-order valence-electron chi connectivity index (χ4n) is 2.31. The highest BCUT2D eigenvalue weighted by molar-refractivity contribution is 5.84. The van der Waals surface area contributed by atoms with Crippen LogP contribution in [0.5, 0.6) is 0 Å². The second-order valence-corrected chi connectivity index (χ2v) is 5.30. The molecule has 0 saturated heterocycles.